The van der Waals surface area contributed by atoms with Crippen LogP contribution in [0.4, 0.5) is 0 Å². The Labute approximate surface area is 136 Å². The maximum Gasteiger partial charge on any atom is 0.177 e. The number of fused-ring (bicyclic) bond motifs is 1. The molecule has 0 aliphatic rings. The number of nitrogens with one attached hydrogen (secondary N) is 1. The monoisotopic (exact) mass is 326 g/mol. The van der Waals surface area contributed by atoms with Crippen molar-refractivity contribution in [2.24, 2.45) is 0 Å². The number of nitrogens with zero attached hydrogens (tertiary/aromatic N) is 3. The Bertz CT molecular complexity index is 956. The predicted octanol–water partition coefficient (Wildman–Crippen LogP) is 3.25. The lowest BCUT2D eigenvalue weighted by Crippen LogP contribution is -2.00. The van der Waals surface area contributed by atoms with Crippen LogP contribution in [0.2, 0.25) is 0 Å². The number of aromatic amines is 1. The van der Waals surface area contributed by atoms with Gasteiger partial charge in [-0.1, -0.05) is 6.07 Å². The molecule has 4 aromatic rings. The van der Waals surface area contributed by atoms with E-state index in [1.54, 1.807) is 35.7 Å². The normalized spacial score (nSPS) is 11.2. The summed E-state index contributed by atoms with van der Waals surface area (Å²) in [7, 11) is 1.52. The molecule has 1 aromatic carbocycles. The minimum atomic E-state index is 0.108. The summed E-state index contributed by atoms with van der Waals surface area (Å²) in [5, 5.41) is 16.1. The highest BCUT2D eigenvalue weighted by Crippen LogP contribution is 2.31. The van der Waals surface area contributed by atoms with Crippen LogP contribution in [0.1, 0.15) is 4.88 Å². The van der Waals surface area contributed by atoms with Gasteiger partial charge in [-0.15, -0.1) is 11.3 Å². The first kappa shape index (κ1) is 13.8. The zero-order valence-corrected chi connectivity index (χ0v) is 13.2. The van der Waals surface area contributed by atoms with Gasteiger partial charge in [-0.3, -0.25) is 0 Å². The molecule has 2 N–H and O–H groups in total. The summed E-state index contributed by atoms with van der Waals surface area (Å²) in [6.45, 7) is 0.699. The molecule has 0 bridgehead atoms. The van der Waals surface area contributed by atoms with Gasteiger partial charge in [-0.05, 0) is 29.6 Å². The summed E-state index contributed by atoms with van der Waals surface area (Å²) >= 11 is 1.70. The third-order valence-corrected chi connectivity index (χ3v) is 4.48. The largest absolute Gasteiger partial charge is 0.504 e. The molecule has 0 unspecified atom stereocenters. The Hall–Kier alpha value is -2.80. The van der Waals surface area contributed by atoms with E-state index >= 15 is 0 Å². The second-order valence-electron chi connectivity index (χ2n) is 5.09. The SMILES string of the molecule is COc1cc(-c2nc3c(cnn3Cc3cccs3)[nH]2)ccc1O. The second-order valence-corrected chi connectivity index (χ2v) is 6.12. The van der Waals surface area contributed by atoms with Crippen LogP contribution < -0.4 is 4.74 Å². The summed E-state index contributed by atoms with van der Waals surface area (Å²) in [5.41, 5.74) is 2.53. The summed E-state index contributed by atoms with van der Waals surface area (Å²) in [4.78, 5) is 9.12. The number of phenols is 1. The van der Waals surface area contributed by atoms with E-state index in [4.69, 9.17) is 4.74 Å². The van der Waals surface area contributed by atoms with Gasteiger partial charge in [0.15, 0.2) is 17.1 Å². The van der Waals surface area contributed by atoms with Crippen LogP contribution in [-0.2, 0) is 6.54 Å². The molecule has 0 aliphatic heterocycles. The molecular weight excluding hydrogens is 312 g/mol. The number of hydrogen-bond donors (Lipinski definition) is 2. The van der Waals surface area contributed by atoms with Crippen molar-refractivity contribution in [3.63, 3.8) is 0 Å². The van der Waals surface area contributed by atoms with Crippen LogP contribution in [0.15, 0.2) is 41.9 Å². The number of ether oxygens (including phenoxy) is 1. The molecular formula is C16H14N4O2S. The zero-order valence-electron chi connectivity index (χ0n) is 12.4. The first-order chi connectivity index (χ1) is 11.2. The first-order valence-electron chi connectivity index (χ1n) is 7.06. The van der Waals surface area contributed by atoms with Gasteiger partial charge in [0.25, 0.3) is 0 Å². The molecule has 6 nitrogen and oxygen atoms in total. The van der Waals surface area contributed by atoms with Gasteiger partial charge in [-0.25, -0.2) is 9.67 Å². The number of thiophene rings is 1. The van der Waals surface area contributed by atoms with Crippen LogP contribution in [0.25, 0.3) is 22.6 Å². The molecule has 4 rings (SSSR count). The first-order valence-corrected chi connectivity index (χ1v) is 7.94. The maximum atomic E-state index is 9.70. The van der Waals surface area contributed by atoms with Crippen LogP contribution in [-0.4, -0.2) is 32.0 Å². The topological polar surface area (TPSA) is 76.0 Å². The van der Waals surface area contributed by atoms with Gasteiger partial charge in [0.2, 0.25) is 0 Å². The van der Waals surface area contributed by atoms with E-state index in [1.165, 1.54) is 12.0 Å². The standard InChI is InChI=1S/C16H14N4O2S/c1-22-14-7-10(4-5-13(14)21)15-18-12-8-17-20(16(12)19-15)9-11-3-2-6-23-11/h2-8,21H,9H2,1H3,(H,18,19). The second kappa shape index (κ2) is 5.44. The van der Waals surface area contributed by atoms with E-state index in [9.17, 15) is 5.11 Å². The number of imidazole rings is 1. The van der Waals surface area contributed by atoms with Gasteiger partial charge in [-0.2, -0.15) is 5.10 Å². The average molecular weight is 326 g/mol. The zero-order chi connectivity index (χ0) is 15.8. The number of hydrogen-bond acceptors (Lipinski definition) is 5. The lowest BCUT2D eigenvalue weighted by atomic mass is 10.2. The Morgan fingerprint density at radius 1 is 1.35 bits per heavy atom. The molecule has 116 valence electrons. The van der Waals surface area contributed by atoms with E-state index in [0.717, 1.165) is 22.6 Å². The number of H-pyrrole nitrogens is 1. The maximum absolute atomic E-state index is 9.70. The highest BCUT2D eigenvalue weighted by atomic mass is 32.1. The van der Waals surface area contributed by atoms with Crippen molar-refractivity contribution in [3.8, 4) is 22.9 Å². The Morgan fingerprint density at radius 2 is 2.26 bits per heavy atom. The average Bonchev–Trinajstić information content (AvgIpc) is 3.27. The summed E-state index contributed by atoms with van der Waals surface area (Å²) < 4.78 is 7.02. The molecule has 0 saturated heterocycles. The summed E-state index contributed by atoms with van der Waals surface area (Å²) in [5.74, 6) is 1.25. The highest BCUT2D eigenvalue weighted by molar-refractivity contribution is 7.09. The Kier molecular flexibility index (Phi) is 3.27. The molecule has 0 fully saturated rings. The van der Waals surface area contributed by atoms with E-state index in [2.05, 4.69) is 26.5 Å². The predicted molar refractivity (Wildman–Crippen MR) is 89.0 cm³/mol. The fraction of sp³-hybridized carbons (Fsp3) is 0.125. The molecule has 7 heteroatoms. The molecule has 23 heavy (non-hydrogen) atoms. The number of aromatic nitrogens is 4. The summed E-state index contributed by atoms with van der Waals surface area (Å²) in [6, 6.07) is 9.26. The fourth-order valence-electron chi connectivity index (χ4n) is 2.47. The number of methoxy groups -OCH3 is 1. The Morgan fingerprint density at radius 3 is 3.04 bits per heavy atom. The number of aromatic hydroxyl groups is 1. The quantitative estimate of drug-likeness (QED) is 0.603. The van der Waals surface area contributed by atoms with Gasteiger partial charge < -0.3 is 14.8 Å². The molecule has 0 saturated carbocycles. The van der Waals surface area contributed by atoms with Gasteiger partial charge in [0.05, 0.1) is 19.9 Å². The van der Waals surface area contributed by atoms with Crippen molar-refractivity contribution in [2.45, 2.75) is 6.54 Å². The van der Waals surface area contributed by atoms with Gasteiger partial charge >= 0.3 is 0 Å². The van der Waals surface area contributed by atoms with Crippen LogP contribution in [0.3, 0.4) is 0 Å². The van der Waals surface area contributed by atoms with Crippen molar-refractivity contribution in [3.05, 3.63) is 46.8 Å². The molecule has 3 heterocycles. The van der Waals surface area contributed by atoms with Gasteiger partial charge in [0, 0.05) is 10.4 Å². The number of rotatable bonds is 4. The van der Waals surface area contributed by atoms with Crippen molar-refractivity contribution in [1.82, 2.24) is 19.7 Å². The van der Waals surface area contributed by atoms with Crippen molar-refractivity contribution in [1.29, 1.82) is 0 Å². The number of phenolic OH excluding ortho intramolecular Hbond substituents is 1. The molecule has 0 aliphatic carbocycles. The van der Waals surface area contributed by atoms with E-state index < -0.39 is 0 Å². The molecule has 0 atom stereocenters. The third-order valence-electron chi connectivity index (χ3n) is 3.62. The minimum Gasteiger partial charge on any atom is -0.504 e. The molecule has 0 amide bonds. The van der Waals surface area contributed by atoms with Crippen molar-refractivity contribution in [2.75, 3.05) is 7.11 Å². The van der Waals surface area contributed by atoms with Crippen LogP contribution >= 0.6 is 11.3 Å². The Balaban J connectivity index is 1.73. The van der Waals surface area contributed by atoms with Crippen LogP contribution in [0.5, 0.6) is 11.5 Å². The lowest BCUT2D eigenvalue weighted by Gasteiger charge is -2.04. The smallest absolute Gasteiger partial charge is 0.177 e. The lowest BCUT2D eigenvalue weighted by molar-refractivity contribution is 0.373. The summed E-state index contributed by atoms with van der Waals surface area (Å²) in [6.07, 6.45) is 1.77. The van der Waals surface area contributed by atoms with E-state index in [0.29, 0.717) is 12.3 Å². The van der Waals surface area contributed by atoms with Crippen LogP contribution in [0, 0.1) is 0 Å². The minimum absolute atomic E-state index is 0.108. The third kappa shape index (κ3) is 2.44. The van der Waals surface area contributed by atoms with Crippen molar-refractivity contribution >= 4 is 22.5 Å². The highest BCUT2D eigenvalue weighted by Gasteiger charge is 2.13. The molecule has 0 radical (unpaired) electrons. The van der Waals surface area contributed by atoms with Gasteiger partial charge in [0.1, 0.15) is 11.3 Å². The molecule has 3 aromatic heterocycles. The number of benzene rings is 1. The molecule has 0 spiro atoms. The van der Waals surface area contributed by atoms with Crippen molar-refractivity contribution < 1.29 is 9.84 Å². The van der Waals surface area contributed by atoms with E-state index in [1.807, 2.05) is 10.7 Å². The van der Waals surface area contributed by atoms with E-state index in [-0.39, 0.29) is 5.75 Å². The fourth-order valence-corrected chi connectivity index (χ4v) is 3.16.